The summed E-state index contributed by atoms with van der Waals surface area (Å²) in [5, 5.41) is 8.20. The van der Waals surface area contributed by atoms with Crippen LogP contribution in [-0.2, 0) is 0 Å². The SMILES string of the molecule is C/C=C\C/C=C\CCCCC.CCC.CCCCCO. The molecule has 1 N–H and O–H groups in total. The molecular weight excluding hydrogens is 244 g/mol. The van der Waals surface area contributed by atoms with Gasteiger partial charge in [-0.05, 0) is 32.6 Å². The van der Waals surface area contributed by atoms with E-state index in [0.29, 0.717) is 6.61 Å². The monoisotopic (exact) mass is 284 g/mol. The third-order valence-electron chi connectivity index (χ3n) is 2.41. The van der Waals surface area contributed by atoms with Crippen LogP contribution in [0.5, 0.6) is 0 Å². The van der Waals surface area contributed by atoms with Gasteiger partial charge in [-0.25, -0.2) is 0 Å². The Balaban J connectivity index is -0.000000270. The van der Waals surface area contributed by atoms with Crippen LogP contribution in [0.3, 0.4) is 0 Å². The lowest BCUT2D eigenvalue weighted by molar-refractivity contribution is 0.284. The first kappa shape index (κ1) is 24.5. The highest BCUT2D eigenvalue weighted by molar-refractivity contribution is 4.91. The van der Waals surface area contributed by atoms with E-state index >= 15 is 0 Å². The van der Waals surface area contributed by atoms with Gasteiger partial charge in [0.2, 0.25) is 0 Å². The minimum absolute atomic E-state index is 0.355. The second kappa shape index (κ2) is 31.0. The van der Waals surface area contributed by atoms with Crippen molar-refractivity contribution in [2.75, 3.05) is 6.61 Å². The molecule has 0 aliphatic heterocycles. The maximum atomic E-state index is 8.20. The van der Waals surface area contributed by atoms with Gasteiger partial charge >= 0.3 is 0 Å². The third-order valence-corrected chi connectivity index (χ3v) is 2.41. The van der Waals surface area contributed by atoms with Crippen molar-refractivity contribution in [2.24, 2.45) is 0 Å². The van der Waals surface area contributed by atoms with Crippen molar-refractivity contribution < 1.29 is 5.11 Å². The molecule has 0 heterocycles. The van der Waals surface area contributed by atoms with E-state index < -0.39 is 0 Å². The molecule has 0 fully saturated rings. The van der Waals surface area contributed by atoms with Gasteiger partial charge in [0, 0.05) is 6.61 Å². The summed E-state index contributed by atoms with van der Waals surface area (Å²) in [5.74, 6) is 0. The van der Waals surface area contributed by atoms with Crippen LogP contribution >= 0.6 is 0 Å². The molecular formula is C19H40O. The maximum Gasteiger partial charge on any atom is 0.0431 e. The van der Waals surface area contributed by atoms with E-state index in [0.717, 1.165) is 19.3 Å². The van der Waals surface area contributed by atoms with Crippen molar-refractivity contribution in [1.82, 2.24) is 0 Å². The Morgan fingerprint density at radius 2 is 1.30 bits per heavy atom. The van der Waals surface area contributed by atoms with E-state index in [-0.39, 0.29) is 0 Å². The molecule has 0 saturated heterocycles. The van der Waals surface area contributed by atoms with Crippen LogP contribution in [0.15, 0.2) is 24.3 Å². The molecule has 1 heteroatoms. The zero-order valence-electron chi connectivity index (χ0n) is 14.8. The van der Waals surface area contributed by atoms with E-state index in [1.807, 2.05) is 0 Å². The second-order valence-electron chi connectivity index (χ2n) is 4.91. The average molecular weight is 285 g/mol. The van der Waals surface area contributed by atoms with Gasteiger partial charge in [0.1, 0.15) is 0 Å². The predicted molar refractivity (Wildman–Crippen MR) is 95.3 cm³/mol. The van der Waals surface area contributed by atoms with Crippen molar-refractivity contribution >= 4 is 0 Å². The highest BCUT2D eigenvalue weighted by atomic mass is 16.2. The van der Waals surface area contributed by atoms with Gasteiger partial charge in [-0.15, -0.1) is 0 Å². The van der Waals surface area contributed by atoms with E-state index in [1.54, 1.807) is 0 Å². The molecule has 0 radical (unpaired) electrons. The minimum atomic E-state index is 0.355. The number of hydrogen-bond acceptors (Lipinski definition) is 1. The summed E-state index contributed by atoms with van der Waals surface area (Å²) in [5.41, 5.74) is 0. The first-order valence-electron chi connectivity index (χ1n) is 8.61. The Bertz CT molecular complexity index is 167. The molecule has 0 unspecified atom stereocenters. The van der Waals surface area contributed by atoms with Crippen LogP contribution < -0.4 is 0 Å². The van der Waals surface area contributed by atoms with Crippen LogP contribution in [0.2, 0.25) is 0 Å². The molecule has 0 aromatic carbocycles. The first-order chi connectivity index (χ1) is 9.74. The fraction of sp³-hybridized carbons (Fsp3) is 0.789. The largest absolute Gasteiger partial charge is 0.396 e. The number of hydrogen-bond donors (Lipinski definition) is 1. The number of aliphatic hydroxyl groups is 1. The summed E-state index contributed by atoms with van der Waals surface area (Å²) in [4.78, 5) is 0. The number of allylic oxidation sites excluding steroid dienone is 4. The van der Waals surface area contributed by atoms with Crippen molar-refractivity contribution in [3.8, 4) is 0 Å². The predicted octanol–water partition coefficient (Wildman–Crippen LogP) is 6.67. The maximum absolute atomic E-state index is 8.20. The van der Waals surface area contributed by atoms with E-state index in [2.05, 4.69) is 58.9 Å². The summed E-state index contributed by atoms with van der Waals surface area (Å²) >= 11 is 0. The summed E-state index contributed by atoms with van der Waals surface area (Å²) in [6.07, 6.45) is 19.8. The first-order valence-corrected chi connectivity index (χ1v) is 8.61. The van der Waals surface area contributed by atoms with Gasteiger partial charge in [-0.2, -0.15) is 0 Å². The quantitative estimate of drug-likeness (QED) is 0.370. The summed E-state index contributed by atoms with van der Waals surface area (Å²) in [6.45, 7) is 11.0. The molecule has 0 aliphatic carbocycles. The molecule has 0 saturated carbocycles. The Morgan fingerprint density at radius 1 is 0.750 bits per heavy atom. The lowest BCUT2D eigenvalue weighted by Gasteiger charge is -1.90. The Hall–Kier alpha value is -0.560. The average Bonchev–Trinajstić information content (AvgIpc) is 2.46. The van der Waals surface area contributed by atoms with Crippen molar-refractivity contribution in [1.29, 1.82) is 0 Å². The van der Waals surface area contributed by atoms with Gasteiger partial charge in [0.25, 0.3) is 0 Å². The second-order valence-corrected chi connectivity index (χ2v) is 4.91. The van der Waals surface area contributed by atoms with Gasteiger partial charge in [-0.1, -0.05) is 84.1 Å². The van der Waals surface area contributed by atoms with Crippen LogP contribution in [0, 0.1) is 0 Å². The van der Waals surface area contributed by atoms with Gasteiger partial charge in [-0.3, -0.25) is 0 Å². The zero-order valence-corrected chi connectivity index (χ0v) is 14.8. The molecule has 0 aromatic rings. The number of aliphatic hydroxyl groups excluding tert-OH is 1. The van der Waals surface area contributed by atoms with Gasteiger partial charge in [0.15, 0.2) is 0 Å². The molecule has 0 bridgehead atoms. The van der Waals surface area contributed by atoms with Crippen LogP contribution in [-0.4, -0.2) is 11.7 Å². The molecule has 0 amide bonds. The topological polar surface area (TPSA) is 20.2 Å². The van der Waals surface area contributed by atoms with E-state index in [4.69, 9.17) is 5.11 Å². The van der Waals surface area contributed by atoms with Gasteiger partial charge in [0.05, 0.1) is 0 Å². The fourth-order valence-electron chi connectivity index (χ4n) is 1.30. The molecule has 0 atom stereocenters. The Morgan fingerprint density at radius 3 is 1.70 bits per heavy atom. The molecule has 0 aliphatic rings. The van der Waals surface area contributed by atoms with Crippen molar-refractivity contribution in [2.45, 2.75) is 92.4 Å². The molecule has 0 rings (SSSR count). The normalized spacial score (nSPS) is 10.1. The lowest BCUT2D eigenvalue weighted by Crippen LogP contribution is -1.78. The summed E-state index contributed by atoms with van der Waals surface area (Å²) < 4.78 is 0. The Labute approximate surface area is 129 Å². The molecule has 1 nitrogen and oxygen atoms in total. The summed E-state index contributed by atoms with van der Waals surface area (Å²) in [6, 6.07) is 0. The van der Waals surface area contributed by atoms with E-state index in [9.17, 15) is 0 Å². The standard InChI is InChI=1S/C11H20.C5H12O.C3H8/c1-3-5-7-9-11-10-8-6-4-2;1-2-3-4-5-6;1-3-2/h3,5,9,11H,4,6-8,10H2,1-2H3;6H,2-5H2,1H3;3H2,1-2H3/b5-3-,11-9-;;. The van der Waals surface area contributed by atoms with Crippen LogP contribution in [0.25, 0.3) is 0 Å². The molecule has 0 aromatic heterocycles. The minimum Gasteiger partial charge on any atom is -0.396 e. The third kappa shape index (κ3) is 43.2. The molecule has 20 heavy (non-hydrogen) atoms. The summed E-state index contributed by atoms with van der Waals surface area (Å²) in [7, 11) is 0. The zero-order chi connectivity index (χ0) is 15.9. The van der Waals surface area contributed by atoms with Crippen LogP contribution in [0.1, 0.15) is 92.4 Å². The molecule has 122 valence electrons. The van der Waals surface area contributed by atoms with Crippen molar-refractivity contribution in [3.63, 3.8) is 0 Å². The Kier molecular flexibility index (Phi) is 38.0. The lowest BCUT2D eigenvalue weighted by atomic mass is 10.2. The highest BCUT2D eigenvalue weighted by Gasteiger charge is 1.80. The highest BCUT2D eigenvalue weighted by Crippen LogP contribution is 2.00. The number of rotatable bonds is 9. The van der Waals surface area contributed by atoms with E-state index in [1.165, 1.54) is 38.5 Å². The van der Waals surface area contributed by atoms with Gasteiger partial charge < -0.3 is 5.11 Å². The van der Waals surface area contributed by atoms with Crippen molar-refractivity contribution in [3.05, 3.63) is 24.3 Å². The smallest absolute Gasteiger partial charge is 0.0431 e. The molecule has 0 spiro atoms. The number of unbranched alkanes of at least 4 members (excludes halogenated alkanes) is 5. The fourth-order valence-corrected chi connectivity index (χ4v) is 1.30. The van der Waals surface area contributed by atoms with Crippen LogP contribution in [0.4, 0.5) is 0 Å².